The molecule has 1 aromatic carbocycles. The Kier molecular flexibility index (Phi) is 4.19. The third-order valence-corrected chi connectivity index (χ3v) is 5.36. The smallest absolute Gasteiger partial charge is 0.162 e. The van der Waals surface area contributed by atoms with Crippen LogP contribution in [-0.4, -0.2) is 43.5 Å². The van der Waals surface area contributed by atoms with Gasteiger partial charge in [-0.15, -0.1) is 0 Å². The van der Waals surface area contributed by atoms with Gasteiger partial charge in [0, 0.05) is 23.8 Å². The number of Topliss-reactive ketones (excluding diaryl/α,β-unsaturated/α-hetero) is 1. The highest BCUT2D eigenvalue weighted by Gasteiger charge is 2.48. The van der Waals surface area contributed by atoms with E-state index in [2.05, 4.69) is 17.1 Å². The zero-order valence-corrected chi connectivity index (χ0v) is 14.1. The maximum atomic E-state index is 12.3. The summed E-state index contributed by atoms with van der Waals surface area (Å²) >= 11 is 0. The Hall–Kier alpha value is -1.81. The minimum absolute atomic E-state index is 0.202. The normalized spacial score (nSPS) is 26.1. The molecule has 0 heterocycles. The third kappa shape index (κ3) is 2.65. The van der Waals surface area contributed by atoms with Crippen LogP contribution in [0.5, 0.6) is 11.5 Å². The van der Waals surface area contributed by atoms with Crippen LogP contribution in [0.25, 0.3) is 6.08 Å². The van der Waals surface area contributed by atoms with Crippen LogP contribution in [0.3, 0.4) is 0 Å². The van der Waals surface area contributed by atoms with E-state index in [1.807, 2.05) is 20.2 Å². The Labute approximate surface area is 137 Å². The lowest BCUT2D eigenvalue weighted by atomic mass is 9.57. The zero-order chi connectivity index (χ0) is 16.6. The third-order valence-electron chi connectivity index (χ3n) is 5.36. The van der Waals surface area contributed by atoms with Gasteiger partial charge in [0.15, 0.2) is 11.5 Å². The van der Waals surface area contributed by atoms with Gasteiger partial charge >= 0.3 is 0 Å². The maximum absolute atomic E-state index is 12.3. The van der Waals surface area contributed by atoms with E-state index < -0.39 is 0 Å². The van der Waals surface area contributed by atoms with E-state index >= 15 is 0 Å². The Bertz CT molecular complexity index is 650. The standard InChI is InChI=1S/C19H25NO3/c1-20(2)11-10-19-12-15(21)8-7-14(19)6-4-13-5-9-16(23-3)18(22)17(13)19/h4-6,9,14,22H,7-8,10-12H2,1-3H3/t14-,19-/m1/s1. The highest BCUT2D eigenvalue weighted by atomic mass is 16.5. The van der Waals surface area contributed by atoms with Crippen LogP contribution >= 0.6 is 0 Å². The molecular weight excluding hydrogens is 290 g/mol. The molecule has 0 saturated heterocycles. The SMILES string of the molecule is COc1ccc2c(c1O)[C@]1(CCN(C)C)CC(=O)CC[C@H]1C=C2. The number of rotatable bonds is 4. The number of carbonyl (C=O) groups excluding carboxylic acids is 1. The number of nitrogens with zero attached hydrogens (tertiary/aromatic N) is 1. The summed E-state index contributed by atoms with van der Waals surface area (Å²) in [6.07, 6.45) is 7.18. The molecule has 1 aromatic rings. The monoisotopic (exact) mass is 315 g/mol. The van der Waals surface area contributed by atoms with E-state index in [1.54, 1.807) is 13.2 Å². The average Bonchev–Trinajstić information content (AvgIpc) is 2.52. The molecule has 23 heavy (non-hydrogen) atoms. The van der Waals surface area contributed by atoms with Crippen molar-refractivity contribution in [2.24, 2.45) is 5.92 Å². The van der Waals surface area contributed by atoms with Gasteiger partial charge in [0.25, 0.3) is 0 Å². The second-order valence-corrected chi connectivity index (χ2v) is 7.01. The number of carbonyl (C=O) groups is 1. The van der Waals surface area contributed by atoms with E-state index in [4.69, 9.17) is 4.74 Å². The molecule has 0 aromatic heterocycles. The average molecular weight is 315 g/mol. The second-order valence-electron chi connectivity index (χ2n) is 7.01. The van der Waals surface area contributed by atoms with Gasteiger partial charge in [0.1, 0.15) is 5.78 Å². The van der Waals surface area contributed by atoms with Gasteiger partial charge in [-0.3, -0.25) is 4.79 Å². The fraction of sp³-hybridized carbons (Fsp3) is 0.526. The number of hydrogen-bond donors (Lipinski definition) is 1. The Morgan fingerprint density at radius 2 is 2.17 bits per heavy atom. The number of allylic oxidation sites excluding steroid dienone is 1. The molecular formula is C19H25NO3. The molecule has 0 bridgehead atoms. The van der Waals surface area contributed by atoms with Crippen molar-refractivity contribution in [3.05, 3.63) is 29.3 Å². The van der Waals surface area contributed by atoms with Gasteiger partial charge in [-0.2, -0.15) is 0 Å². The Morgan fingerprint density at radius 3 is 2.87 bits per heavy atom. The number of benzene rings is 1. The first-order valence-corrected chi connectivity index (χ1v) is 8.23. The minimum Gasteiger partial charge on any atom is -0.504 e. The van der Waals surface area contributed by atoms with E-state index in [0.29, 0.717) is 30.3 Å². The number of fused-ring (bicyclic) bond motifs is 3. The minimum atomic E-state index is -0.317. The Morgan fingerprint density at radius 1 is 1.39 bits per heavy atom. The molecule has 0 radical (unpaired) electrons. The van der Waals surface area contributed by atoms with Crippen molar-refractivity contribution in [3.63, 3.8) is 0 Å². The first kappa shape index (κ1) is 16.1. The van der Waals surface area contributed by atoms with Crippen molar-refractivity contribution in [2.75, 3.05) is 27.7 Å². The molecule has 0 aliphatic heterocycles. The number of phenols is 1. The van der Waals surface area contributed by atoms with Crippen LogP contribution in [0.1, 0.15) is 36.8 Å². The summed E-state index contributed by atoms with van der Waals surface area (Å²) in [6.45, 7) is 0.883. The molecule has 3 rings (SSSR count). The van der Waals surface area contributed by atoms with Gasteiger partial charge in [-0.25, -0.2) is 0 Å². The molecule has 124 valence electrons. The fourth-order valence-corrected chi connectivity index (χ4v) is 4.17. The lowest BCUT2D eigenvalue weighted by molar-refractivity contribution is -0.123. The molecule has 0 spiro atoms. The molecule has 1 fully saturated rings. The van der Waals surface area contributed by atoms with Crippen LogP contribution in [0.15, 0.2) is 18.2 Å². The van der Waals surface area contributed by atoms with Crippen LogP contribution in [0, 0.1) is 5.92 Å². The molecule has 2 atom stereocenters. The number of phenolic OH excluding ortho intramolecular Hbond substituents is 1. The lowest BCUT2D eigenvalue weighted by Gasteiger charge is -2.46. The van der Waals surface area contributed by atoms with Crippen molar-refractivity contribution < 1.29 is 14.6 Å². The molecule has 2 aliphatic carbocycles. The van der Waals surface area contributed by atoms with Crippen molar-refractivity contribution in [3.8, 4) is 11.5 Å². The first-order valence-electron chi connectivity index (χ1n) is 8.23. The molecule has 1 N–H and O–H groups in total. The van der Waals surface area contributed by atoms with Crippen LogP contribution < -0.4 is 4.74 Å². The van der Waals surface area contributed by atoms with Crippen molar-refractivity contribution in [1.82, 2.24) is 4.90 Å². The van der Waals surface area contributed by atoms with Gasteiger partial charge in [0.2, 0.25) is 0 Å². The topological polar surface area (TPSA) is 49.8 Å². The number of ketones is 1. The van der Waals surface area contributed by atoms with Gasteiger partial charge in [-0.1, -0.05) is 18.2 Å². The van der Waals surface area contributed by atoms with Crippen molar-refractivity contribution >= 4 is 11.9 Å². The molecule has 1 saturated carbocycles. The van der Waals surface area contributed by atoms with Crippen LogP contribution in [0.4, 0.5) is 0 Å². The summed E-state index contributed by atoms with van der Waals surface area (Å²) in [6, 6.07) is 3.78. The zero-order valence-electron chi connectivity index (χ0n) is 14.1. The predicted molar refractivity (Wildman–Crippen MR) is 90.9 cm³/mol. The Balaban J connectivity index is 2.16. The summed E-state index contributed by atoms with van der Waals surface area (Å²) in [5.74, 6) is 1.28. The highest BCUT2D eigenvalue weighted by molar-refractivity contribution is 5.83. The van der Waals surface area contributed by atoms with E-state index in [-0.39, 0.29) is 11.2 Å². The van der Waals surface area contributed by atoms with Gasteiger partial charge in [-0.05, 0) is 51.0 Å². The summed E-state index contributed by atoms with van der Waals surface area (Å²) in [4.78, 5) is 14.4. The molecule has 0 unspecified atom stereocenters. The number of methoxy groups -OCH3 is 1. The summed E-state index contributed by atoms with van der Waals surface area (Å²) < 4.78 is 5.32. The van der Waals surface area contributed by atoms with E-state index in [9.17, 15) is 9.90 Å². The summed E-state index contributed by atoms with van der Waals surface area (Å²) in [5.41, 5.74) is 1.59. The number of ether oxygens (including phenoxy) is 1. The predicted octanol–water partition coefficient (Wildman–Crippen LogP) is 2.99. The quantitative estimate of drug-likeness (QED) is 0.928. The largest absolute Gasteiger partial charge is 0.504 e. The molecule has 0 amide bonds. The van der Waals surface area contributed by atoms with E-state index in [1.165, 1.54) is 0 Å². The maximum Gasteiger partial charge on any atom is 0.162 e. The fourth-order valence-electron chi connectivity index (χ4n) is 4.17. The van der Waals surface area contributed by atoms with Crippen molar-refractivity contribution in [2.45, 2.75) is 31.1 Å². The first-order chi connectivity index (χ1) is 11.0. The van der Waals surface area contributed by atoms with E-state index in [0.717, 1.165) is 30.5 Å². The summed E-state index contributed by atoms with van der Waals surface area (Å²) in [7, 11) is 5.65. The molecule has 4 heteroatoms. The second kappa shape index (κ2) is 6.00. The molecule has 4 nitrogen and oxygen atoms in total. The summed E-state index contributed by atoms with van der Waals surface area (Å²) in [5, 5.41) is 10.8. The highest BCUT2D eigenvalue weighted by Crippen LogP contribution is 2.54. The van der Waals surface area contributed by atoms with Gasteiger partial charge in [0.05, 0.1) is 7.11 Å². The van der Waals surface area contributed by atoms with Gasteiger partial charge < -0.3 is 14.7 Å². The number of hydrogen-bond acceptors (Lipinski definition) is 4. The lowest BCUT2D eigenvalue weighted by Crippen LogP contribution is -2.44. The number of aromatic hydroxyl groups is 1. The van der Waals surface area contributed by atoms with Crippen molar-refractivity contribution in [1.29, 1.82) is 0 Å². The van der Waals surface area contributed by atoms with Crippen LogP contribution in [-0.2, 0) is 10.2 Å². The van der Waals surface area contributed by atoms with Crippen LogP contribution in [0.2, 0.25) is 0 Å². The molecule has 2 aliphatic rings.